The number of carboxylic acids is 1. The second-order valence-electron chi connectivity index (χ2n) is 4.40. The number of benzene rings is 1. The number of fused-ring (bicyclic) bond motifs is 1. The highest BCUT2D eigenvalue weighted by atomic mass is 32.1. The van der Waals surface area contributed by atoms with Gasteiger partial charge in [-0.15, -0.1) is 11.3 Å². The van der Waals surface area contributed by atoms with Gasteiger partial charge in [-0.2, -0.15) is 0 Å². The third-order valence-electron chi connectivity index (χ3n) is 3.12. The molecule has 0 aliphatic heterocycles. The van der Waals surface area contributed by atoms with Crippen molar-refractivity contribution in [2.75, 3.05) is 0 Å². The number of hydrogen-bond donors (Lipinski definition) is 1. The SMILES string of the molecule is O=C(O)c1cn(Cc2cccs2)c2ccccc2c1=O. The van der Waals surface area contributed by atoms with Crippen molar-refractivity contribution in [3.05, 3.63) is 68.6 Å². The van der Waals surface area contributed by atoms with Crippen LogP contribution in [0, 0.1) is 0 Å². The monoisotopic (exact) mass is 285 g/mol. The van der Waals surface area contributed by atoms with Gasteiger partial charge in [-0.25, -0.2) is 4.79 Å². The number of aromatic nitrogens is 1. The van der Waals surface area contributed by atoms with Crippen LogP contribution in [0.25, 0.3) is 10.9 Å². The molecule has 4 nitrogen and oxygen atoms in total. The molecule has 0 fully saturated rings. The van der Waals surface area contributed by atoms with Gasteiger partial charge in [0, 0.05) is 16.5 Å². The van der Waals surface area contributed by atoms with Crippen LogP contribution < -0.4 is 5.43 Å². The molecule has 2 heterocycles. The third-order valence-corrected chi connectivity index (χ3v) is 3.99. The first-order valence-corrected chi connectivity index (χ1v) is 6.92. The van der Waals surface area contributed by atoms with Crippen LogP contribution in [0.2, 0.25) is 0 Å². The fraction of sp³-hybridized carbons (Fsp3) is 0.0667. The van der Waals surface area contributed by atoms with E-state index in [1.807, 2.05) is 34.2 Å². The van der Waals surface area contributed by atoms with Gasteiger partial charge in [-0.1, -0.05) is 18.2 Å². The Kier molecular flexibility index (Phi) is 3.12. The molecule has 0 saturated carbocycles. The average molecular weight is 285 g/mol. The summed E-state index contributed by atoms with van der Waals surface area (Å²) in [5, 5.41) is 11.6. The van der Waals surface area contributed by atoms with E-state index in [1.165, 1.54) is 6.20 Å². The number of carbonyl (C=O) groups is 1. The van der Waals surface area contributed by atoms with Gasteiger partial charge in [-0.05, 0) is 23.6 Å². The van der Waals surface area contributed by atoms with Crippen LogP contribution in [-0.2, 0) is 6.54 Å². The number of nitrogens with zero attached hydrogens (tertiary/aromatic N) is 1. The Labute approximate surface area is 118 Å². The van der Waals surface area contributed by atoms with Crippen LogP contribution in [0.1, 0.15) is 15.2 Å². The highest BCUT2D eigenvalue weighted by molar-refractivity contribution is 7.09. The lowest BCUT2D eigenvalue weighted by molar-refractivity contribution is 0.0695. The highest BCUT2D eigenvalue weighted by Gasteiger charge is 2.14. The first-order chi connectivity index (χ1) is 9.66. The molecule has 1 N–H and O–H groups in total. The van der Waals surface area contributed by atoms with E-state index in [0.717, 1.165) is 10.4 Å². The summed E-state index contributed by atoms with van der Waals surface area (Å²) in [6.45, 7) is 0.554. The van der Waals surface area contributed by atoms with E-state index in [9.17, 15) is 9.59 Å². The number of rotatable bonds is 3. The van der Waals surface area contributed by atoms with E-state index in [-0.39, 0.29) is 5.56 Å². The van der Waals surface area contributed by atoms with Crippen molar-refractivity contribution in [3.8, 4) is 0 Å². The summed E-state index contributed by atoms with van der Waals surface area (Å²) < 4.78 is 1.81. The number of carboxylic acid groups (broad SMARTS) is 1. The molecular formula is C15H11NO3S. The van der Waals surface area contributed by atoms with Gasteiger partial charge in [0.05, 0.1) is 12.1 Å². The zero-order valence-corrected chi connectivity index (χ0v) is 11.3. The predicted molar refractivity (Wildman–Crippen MR) is 78.6 cm³/mol. The van der Waals surface area contributed by atoms with Crippen LogP contribution in [0.3, 0.4) is 0 Å². The molecule has 2 aromatic heterocycles. The minimum absolute atomic E-state index is 0.194. The maximum atomic E-state index is 12.1. The van der Waals surface area contributed by atoms with Crippen LogP contribution in [0.5, 0.6) is 0 Å². The Balaban J connectivity index is 2.27. The number of pyridine rings is 1. The Bertz CT molecular complexity index is 834. The Morgan fingerprint density at radius 2 is 2.00 bits per heavy atom. The first-order valence-electron chi connectivity index (χ1n) is 6.04. The minimum atomic E-state index is -1.19. The standard InChI is InChI=1S/C15H11NO3S/c17-14-11-5-1-2-6-13(11)16(9-12(14)15(18)19)8-10-4-3-7-20-10/h1-7,9H,8H2,(H,18,19). The molecule has 0 aliphatic carbocycles. The van der Waals surface area contributed by atoms with Gasteiger partial charge < -0.3 is 9.67 Å². The van der Waals surface area contributed by atoms with Crippen molar-refractivity contribution < 1.29 is 9.90 Å². The second kappa shape index (κ2) is 4.94. The van der Waals surface area contributed by atoms with Crippen LogP contribution in [-0.4, -0.2) is 15.6 Å². The molecule has 100 valence electrons. The van der Waals surface area contributed by atoms with Gasteiger partial charge in [0.25, 0.3) is 0 Å². The molecular weight excluding hydrogens is 274 g/mol. The number of hydrogen-bond acceptors (Lipinski definition) is 3. The van der Waals surface area contributed by atoms with Crippen molar-refractivity contribution in [2.45, 2.75) is 6.54 Å². The zero-order valence-electron chi connectivity index (χ0n) is 10.4. The third kappa shape index (κ3) is 2.12. The molecule has 0 unspecified atom stereocenters. The Morgan fingerprint density at radius 1 is 1.20 bits per heavy atom. The Morgan fingerprint density at radius 3 is 2.70 bits per heavy atom. The van der Waals surface area contributed by atoms with Gasteiger partial charge in [0.2, 0.25) is 5.43 Å². The van der Waals surface area contributed by atoms with E-state index in [0.29, 0.717) is 11.9 Å². The first kappa shape index (κ1) is 12.6. The molecule has 0 bridgehead atoms. The summed E-state index contributed by atoms with van der Waals surface area (Å²) in [7, 11) is 0. The number of aromatic carboxylic acids is 1. The molecule has 1 aromatic carbocycles. The lowest BCUT2D eigenvalue weighted by Gasteiger charge is -2.11. The van der Waals surface area contributed by atoms with Gasteiger partial charge in [0.1, 0.15) is 5.56 Å². The molecule has 0 radical (unpaired) electrons. The van der Waals surface area contributed by atoms with Crippen molar-refractivity contribution in [1.82, 2.24) is 4.57 Å². The maximum Gasteiger partial charge on any atom is 0.341 e. The highest BCUT2D eigenvalue weighted by Crippen LogP contribution is 2.16. The Hall–Kier alpha value is -2.40. The normalized spacial score (nSPS) is 10.8. The summed E-state index contributed by atoms with van der Waals surface area (Å²) in [5.41, 5.74) is 0.117. The summed E-state index contributed by atoms with van der Waals surface area (Å²) in [6.07, 6.45) is 1.42. The van der Waals surface area contributed by atoms with Gasteiger partial charge in [-0.3, -0.25) is 4.79 Å². The smallest absolute Gasteiger partial charge is 0.341 e. The molecule has 5 heteroatoms. The average Bonchev–Trinajstić information content (AvgIpc) is 2.94. The van der Waals surface area contributed by atoms with E-state index >= 15 is 0 Å². The molecule has 0 saturated heterocycles. The lowest BCUT2D eigenvalue weighted by Crippen LogP contribution is -2.19. The van der Waals surface area contributed by atoms with Gasteiger partial charge >= 0.3 is 5.97 Å². The van der Waals surface area contributed by atoms with E-state index in [1.54, 1.807) is 23.5 Å². The topological polar surface area (TPSA) is 59.3 Å². The fourth-order valence-corrected chi connectivity index (χ4v) is 2.90. The minimum Gasteiger partial charge on any atom is -0.477 e. The van der Waals surface area contributed by atoms with Crippen molar-refractivity contribution in [1.29, 1.82) is 0 Å². The molecule has 3 aromatic rings. The van der Waals surface area contributed by atoms with Gasteiger partial charge in [0.15, 0.2) is 0 Å². The lowest BCUT2D eigenvalue weighted by atomic mass is 10.1. The van der Waals surface area contributed by atoms with Crippen molar-refractivity contribution >= 4 is 28.2 Å². The summed E-state index contributed by atoms with van der Waals surface area (Å²) in [5.74, 6) is -1.19. The molecule has 0 atom stereocenters. The molecule has 3 rings (SSSR count). The van der Waals surface area contributed by atoms with Crippen molar-refractivity contribution in [2.24, 2.45) is 0 Å². The molecule has 0 spiro atoms. The van der Waals surface area contributed by atoms with E-state index < -0.39 is 11.4 Å². The molecule has 0 aliphatic rings. The summed E-state index contributed by atoms with van der Waals surface area (Å²) in [6, 6.07) is 11.0. The van der Waals surface area contributed by atoms with Crippen LogP contribution >= 0.6 is 11.3 Å². The molecule has 0 amide bonds. The van der Waals surface area contributed by atoms with Crippen molar-refractivity contribution in [3.63, 3.8) is 0 Å². The largest absolute Gasteiger partial charge is 0.477 e. The predicted octanol–water partition coefficient (Wildman–Crippen LogP) is 2.81. The molecule has 20 heavy (non-hydrogen) atoms. The number of thiophene rings is 1. The zero-order chi connectivity index (χ0) is 14.1. The van der Waals surface area contributed by atoms with Crippen LogP contribution in [0.15, 0.2) is 52.8 Å². The quantitative estimate of drug-likeness (QED) is 0.805. The summed E-state index contributed by atoms with van der Waals surface area (Å²) >= 11 is 1.60. The number of para-hydroxylation sites is 1. The maximum absolute atomic E-state index is 12.1. The van der Waals surface area contributed by atoms with E-state index in [4.69, 9.17) is 5.11 Å². The second-order valence-corrected chi connectivity index (χ2v) is 5.43. The fourth-order valence-electron chi connectivity index (χ4n) is 2.20. The summed E-state index contributed by atoms with van der Waals surface area (Å²) in [4.78, 5) is 24.4. The van der Waals surface area contributed by atoms with Crippen LogP contribution in [0.4, 0.5) is 0 Å². The van der Waals surface area contributed by atoms with E-state index in [2.05, 4.69) is 0 Å².